The molecular weight excluding hydrogens is 424 g/mol. The number of hydrogen-bond acceptors (Lipinski definition) is 5. The van der Waals surface area contributed by atoms with Crippen molar-refractivity contribution in [2.75, 3.05) is 18.0 Å². The molecule has 1 saturated heterocycles. The summed E-state index contributed by atoms with van der Waals surface area (Å²) in [6.07, 6.45) is 5.29. The number of carbonyl (C=O) groups excluding carboxylic acids is 1. The van der Waals surface area contributed by atoms with Gasteiger partial charge < -0.3 is 20.1 Å². The molecule has 1 atom stereocenters. The molecule has 1 aromatic heterocycles. The van der Waals surface area contributed by atoms with E-state index in [0.717, 1.165) is 68.5 Å². The van der Waals surface area contributed by atoms with Crippen LogP contribution in [0.25, 0.3) is 10.4 Å². The molecule has 0 bridgehead atoms. The van der Waals surface area contributed by atoms with Gasteiger partial charge in [0.2, 0.25) is 11.0 Å². The van der Waals surface area contributed by atoms with Gasteiger partial charge in [-0.2, -0.15) is 0 Å². The molecule has 1 aromatic carbocycles. The summed E-state index contributed by atoms with van der Waals surface area (Å²) in [5, 5.41) is 13.1. The van der Waals surface area contributed by atoms with Crippen LogP contribution in [0.2, 0.25) is 0 Å². The number of rotatable bonds is 5. The minimum absolute atomic E-state index is 0.0137. The maximum atomic E-state index is 13.9. The fraction of sp³-hybridized carbons (Fsp3) is 0.520. The topological polar surface area (TPSA) is 78.9 Å². The summed E-state index contributed by atoms with van der Waals surface area (Å²) in [5.74, 6) is 0.767. The van der Waals surface area contributed by atoms with Crippen LogP contribution in [-0.2, 0) is 4.79 Å². The van der Waals surface area contributed by atoms with E-state index in [-0.39, 0.29) is 22.9 Å². The lowest BCUT2D eigenvalue weighted by Crippen LogP contribution is -2.45. The molecule has 1 unspecified atom stereocenters. The van der Waals surface area contributed by atoms with Gasteiger partial charge in [0.1, 0.15) is 0 Å². The van der Waals surface area contributed by atoms with Crippen molar-refractivity contribution < 1.29 is 19.4 Å². The number of carboxylic acid groups (broad SMARTS) is 1. The number of hydrogen-bond donors (Lipinski definition) is 2. The normalized spacial score (nSPS) is 23.8. The largest absolute Gasteiger partial charge is 0.512 e. The third-order valence-corrected chi connectivity index (χ3v) is 7.74. The van der Waals surface area contributed by atoms with Crippen molar-refractivity contribution in [1.29, 1.82) is 0 Å². The minimum atomic E-state index is -1.35. The molecule has 2 aliphatic rings. The minimum Gasteiger partial charge on any atom is -0.449 e. The van der Waals surface area contributed by atoms with Crippen LogP contribution in [0.4, 0.5) is 10.5 Å². The van der Waals surface area contributed by atoms with Crippen LogP contribution in [0, 0.1) is 11.8 Å². The van der Waals surface area contributed by atoms with Crippen LogP contribution in [0.1, 0.15) is 51.9 Å². The second-order valence-corrected chi connectivity index (χ2v) is 10.0. The molecule has 2 heterocycles. The van der Waals surface area contributed by atoms with E-state index >= 15 is 0 Å². The zero-order chi connectivity index (χ0) is 22.5. The van der Waals surface area contributed by atoms with Crippen LogP contribution in [0.5, 0.6) is 5.06 Å². The van der Waals surface area contributed by atoms with Crippen molar-refractivity contribution >= 4 is 29.1 Å². The molecule has 4 rings (SSSR count). The number of ether oxygens (including phenoxy) is 1. The summed E-state index contributed by atoms with van der Waals surface area (Å²) in [7, 11) is 0. The number of nitrogens with one attached hydrogen (secondary N) is 1. The summed E-state index contributed by atoms with van der Waals surface area (Å²) >= 11 is 1.29. The maximum absolute atomic E-state index is 13.9. The Labute approximate surface area is 193 Å². The van der Waals surface area contributed by atoms with Gasteiger partial charge in [0, 0.05) is 16.8 Å². The van der Waals surface area contributed by atoms with Crippen molar-refractivity contribution in [2.24, 2.45) is 11.8 Å². The first-order valence-electron chi connectivity index (χ1n) is 11.7. The van der Waals surface area contributed by atoms with Gasteiger partial charge in [0.15, 0.2) is 0 Å². The molecule has 0 spiro atoms. The van der Waals surface area contributed by atoms with Gasteiger partial charge in [-0.05, 0) is 75.6 Å². The lowest BCUT2D eigenvalue weighted by molar-refractivity contribution is -0.124. The Kier molecular flexibility index (Phi) is 7.48. The Morgan fingerprint density at radius 2 is 1.81 bits per heavy atom. The predicted octanol–water partition coefficient (Wildman–Crippen LogP) is 5.77. The molecule has 7 heteroatoms. The number of nitrogens with zero attached hydrogens (tertiary/aromatic N) is 1. The first-order valence-corrected chi connectivity index (χ1v) is 12.5. The molecule has 1 amide bonds. The highest BCUT2D eigenvalue weighted by Crippen LogP contribution is 2.45. The summed E-state index contributed by atoms with van der Waals surface area (Å²) in [6.45, 7) is 4.04. The van der Waals surface area contributed by atoms with Gasteiger partial charge in [-0.15, -0.1) is 0 Å². The third-order valence-electron chi connectivity index (χ3n) is 6.69. The SMILES string of the molecule is CC1CCC(C(=O)N(c2cc(-c3ccccc3)sc2OC(=O)O)C2CCCNCC2)CC1. The second-order valence-electron chi connectivity index (χ2n) is 9.02. The molecular formula is C25H32N2O4S. The Morgan fingerprint density at radius 1 is 1.06 bits per heavy atom. The quantitative estimate of drug-likeness (QED) is 0.558. The zero-order valence-electron chi connectivity index (χ0n) is 18.6. The Hall–Kier alpha value is -2.38. The first kappa shape index (κ1) is 22.8. The molecule has 2 N–H and O–H groups in total. The van der Waals surface area contributed by atoms with E-state index in [0.29, 0.717) is 11.6 Å². The Balaban J connectivity index is 1.74. The zero-order valence-corrected chi connectivity index (χ0v) is 19.4. The van der Waals surface area contributed by atoms with Gasteiger partial charge in [-0.3, -0.25) is 4.79 Å². The highest BCUT2D eigenvalue weighted by Gasteiger charge is 2.36. The Bertz CT molecular complexity index is 913. The van der Waals surface area contributed by atoms with Crippen LogP contribution in [0.3, 0.4) is 0 Å². The van der Waals surface area contributed by atoms with E-state index in [4.69, 9.17) is 4.74 Å². The predicted molar refractivity (Wildman–Crippen MR) is 128 cm³/mol. The highest BCUT2D eigenvalue weighted by atomic mass is 32.1. The van der Waals surface area contributed by atoms with Gasteiger partial charge >= 0.3 is 6.16 Å². The summed E-state index contributed by atoms with van der Waals surface area (Å²) < 4.78 is 5.23. The fourth-order valence-corrected chi connectivity index (χ4v) is 5.89. The standard InChI is InChI=1S/C25H32N2O4S/c1-17-9-11-19(12-10-17)23(28)27(20-8-5-14-26-15-13-20)21-16-22(18-6-3-2-4-7-18)32-24(21)31-25(29)30/h2-4,6-7,16-17,19-20,26H,5,8-15H2,1H3,(H,29,30). The van der Waals surface area contributed by atoms with E-state index in [1.807, 2.05) is 41.3 Å². The first-order chi connectivity index (χ1) is 15.5. The van der Waals surface area contributed by atoms with Crippen LogP contribution in [0.15, 0.2) is 36.4 Å². The lowest BCUT2D eigenvalue weighted by Gasteiger charge is -2.35. The summed E-state index contributed by atoms with van der Waals surface area (Å²) in [5.41, 5.74) is 1.59. The third kappa shape index (κ3) is 5.33. The molecule has 1 saturated carbocycles. The molecule has 0 radical (unpaired) electrons. The summed E-state index contributed by atoms with van der Waals surface area (Å²) in [6, 6.07) is 11.8. The molecule has 1 aliphatic carbocycles. The molecule has 32 heavy (non-hydrogen) atoms. The average molecular weight is 457 g/mol. The molecule has 6 nitrogen and oxygen atoms in total. The maximum Gasteiger partial charge on any atom is 0.512 e. The molecule has 1 aliphatic heterocycles. The average Bonchev–Trinajstić information content (AvgIpc) is 3.00. The number of thiophene rings is 1. The van der Waals surface area contributed by atoms with Crippen LogP contribution >= 0.6 is 11.3 Å². The fourth-order valence-electron chi connectivity index (χ4n) is 4.89. The van der Waals surface area contributed by atoms with Crippen molar-refractivity contribution in [3.8, 4) is 15.5 Å². The van der Waals surface area contributed by atoms with Gasteiger partial charge in [-0.25, -0.2) is 4.79 Å². The van der Waals surface area contributed by atoms with Gasteiger partial charge in [-0.1, -0.05) is 48.6 Å². The van der Waals surface area contributed by atoms with Crippen LogP contribution < -0.4 is 15.0 Å². The lowest BCUT2D eigenvalue weighted by atomic mass is 9.82. The summed E-state index contributed by atoms with van der Waals surface area (Å²) in [4.78, 5) is 28.2. The number of amides is 1. The van der Waals surface area contributed by atoms with E-state index in [2.05, 4.69) is 12.2 Å². The Morgan fingerprint density at radius 3 is 2.53 bits per heavy atom. The molecule has 2 fully saturated rings. The van der Waals surface area contributed by atoms with Crippen molar-refractivity contribution in [3.63, 3.8) is 0 Å². The number of benzene rings is 1. The number of anilines is 1. The molecule has 172 valence electrons. The van der Waals surface area contributed by atoms with E-state index < -0.39 is 6.16 Å². The van der Waals surface area contributed by atoms with E-state index in [1.165, 1.54) is 11.3 Å². The van der Waals surface area contributed by atoms with E-state index in [9.17, 15) is 14.7 Å². The number of carbonyl (C=O) groups is 2. The molecule has 2 aromatic rings. The van der Waals surface area contributed by atoms with E-state index in [1.54, 1.807) is 0 Å². The van der Waals surface area contributed by atoms with Gasteiger partial charge in [0.05, 0.1) is 5.69 Å². The van der Waals surface area contributed by atoms with Crippen LogP contribution in [-0.4, -0.2) is 36.3 Å². The highest BCUT2D eigenvalue weighted by molar-refractivity contribution is 7.18. The second kappa shape index (κ2) is 10.5. The smallest absolute Gasteiger partial charge is 0.449 e. The van der Waals surface area contributed by atoms with Gasteiger partial charge in [0.25, 0.3) is 0 Å². The van der Waals surface area contributed by atoms with Crippen molar-refractivity contribution in [2.45, 2.75) is 57.9 Å². The van der Waals surface area contributed by atoms with Crippen molar-refractivity contribution in [3.05, 3.63) is 36.4 Å². The van der Waals surface area contributed by atoms with Crippen molar-refractivity contribution in [1.82, 2.24) is 5.32 Å². The monoisotopic (exact) mass is 456 g/mol.